The molecular formula is C45H54O23. The van der Waals surface area contributed by atoms with Gasteiger partial charge in [0.2, 0.25) is 0 Å². The summed E-state index contributed by atoms with van der Waals surface area (Å²) in [5, 5.41) is 125. The van der Waals surface area contributed by atoms with Crippen LogP contribution in [-0.4, -0.2) is 192 Å². The minimum atomic E-state index is -1.91. The number of carbonyl (C=O) groups is 2. The zero-order valence-electron chi connectivity index (χ0n) is 36.4. The fourth-order valence-corrected chi connectivity index (χ4v) is 7.34. The van der Waals surface area contributed by atoms with Gasteiger partial charge in [-0.25, -0.2) is 9.59 Å². The molecule has 0 bridgehead atoms. The fraction of sp³-hybridized carbons (Fsp3) is 0.467. The Morgan fingerprint density at radius 3 is 1.81 bits per heavy atom. The molecule has 0 unspecified atom stereocenters. The molecule has 12 N–H and O–H groups in total. The number of aliphatic hydroxyl groups is 7. The van der Waals surface area contributed by atoms with Gasteiger partial charge in [-0.2, -0.15) is 0 Å². The number of hydrogen-bond donors (Lipinski definition) is 12. The predicted molar refractivity (Wildman–Crippen MR) is 227 cm³/mol. The van der Waals surface area contributed by atoms with E-state index in [0.29, 0.717) is 11.1 Å². The number of benzene rings is 3. The molecule has 23 nitrogen and oxygen atoms in total. The molecule has 23 heteroatoms. The smallest absolute Gasteiger partial charge is 0.331 e. The number of aliphatic hydroxyl groups excluding tert-OH is 7. The first-order chi connectivity index (χ1) is 32.3. The van der Waals surface area contributed by atoms with E-state index < -0.39 is 129 Å². The quantitative estimate of drug-likeness (QED) is 0.0429. The van der Waals surface area contributed by atoms with E-state index in [4.69, 9.17) is 42.6 Å². The van der Waals surface area contributed by atoms with E-state index >= 15 is 0 Å². The van der Waals surface area contributed by atoms with Gasteiger partial charge in [-0.15, -0.1) is 0 Å². The predicted octanol–water partition coefficient (Wildman–Crippen LogP) is -1.21. The third kappa shape index (κ3) is 12.7. The largest absolute Gasteiger partial charge is 0.504 e. The van der Waals surface area contributed by atoms with Crippen LogP contribution in [0, 0.1) is 0 Å². The molecule has 0 spiro atoms. The van der Waals surface area contributed by atoms with Crippen molar-refractivity contribution >= 4 is 24.1 Å². The summed E-state index contributed by atoms with van der Waals surface area (Å²) < 4.78 is 50.4. The lowest BCUT2D eigenvalue weighted by molar-refractivity contribution is -0.360. The van der Waals surface area contributed by atoms with Crippen molar-refractivity contribution in [3.8, 4) is 34.5 Å². The molecule has 3 aromatic carbocycles. The maximum Gasteiger partial charge on any atom is 0.331 e. The molecule has 0 amide bonds. The SMILES string of the molecule is COc1cc(/C=C/C(=O)OC[C@H]2O[C@@H](O[C@@H]3[C@@H](O)[C@@H](O)[C@H](OC[C@H]4O[C@@H](OCCc5ccc(O)c(O)c5)[C@H](O)[C@@H](O)[C@@H]4OC(=O)/C=C/c4ccc(O)c(O)c4)O[C@H]3C)[C@H](O)[C@@H](O)[C@@H]2O)ccc1O. The zero-order valence-corrected chi connectivity index (χ0v) is 36.4. The van der Waals surface area contributed by atoms with Gasteiger partial charge in [0, 0.05) is 12.2 Å². The van der Waals surface area contributed by atoms with Gasteiger partial charge in [0.1, 0.15) is 67.6 Å². The van der Waals surface area contributed by atoms with E-state index in [-0.39, 0.29) is 41.6 Å². The lowest BCUT2D eigenvalue weighted by Gasteiger charge is -2.46. The Hall–Kier alpha value is -5.64. The van der Waals surface area contributed by atoms with Crippen LogP contribution < -0.4 is 4.74 Å². The molecule has 3 fully saturated rings. The van der Waals surface area contributed by atoms with Gasteiger partial charge in [-0.1, -0.05) is 18.2 Å². The molecule has 3 aromatic rings. The van der Waals surface area contributed by atoms with E-state index in [1.807, 2.05) is 0 Å². The van der Waals surface area contributed by atoms with Crippen LogP contribution in [0.25, 0.3) is 12.2 Å². The van der Waals surface area contributed by atoms with Gasteiger partial charge in [0.15, 0.2) is 59.5 Å². The average Bonchev–Trinajstić information content (AvgIpc) is 3.31. The van der Waals surface area contributed by atoms with E-state index in [1.54, 1.807) is 0 Å². The van der Waals surface area contributed by atoms with E-state index in [9.17, 15) is 70.9 Å². The molecular weight excluding hydrogens is 908 g/mol. The summed E-state index contributed by atoms with van der Waals surface area (Å²) in [6, 6.07) is 12.1. The maximum absolute atomic E-state index is 13.0. The summed E-state index contributed by atoms with van der Waals surface area (Å²) in [4.78, 5) is 25.5. The van der Waals surface area contributed by atoms with Crippen molar-refractivity contribution in [3.63, 3.8) is 0 Å². The van der Waals surface area contributed by atoms with Crippen molar-refractivity contribution in [2.75, 3.05) is 26.9 Å². The van der Waals surface area contributed by atoms with Crippen LogP contribution in [0.2, 0.25) is 0 Å². The first-order valence-corrected chi connectivity index (χ1v) is 21.1. The lowest BCUT2D eigenvalue weighted by atomic mass is 9.97. The normalized spacial score (nSPS) is 32.0. The Morgan fingerprint density at radius 1 is 0.574 bits per heavy atom. The molecule has 0 aromatic heterocycles. The molecule has 3 saturated heterocycles. The van der Waals surface area contributed by atoms with Crippen molar-refractivity contribution in [3.05, 3.63) is 83.4 Å². The second-order valence-corrected chi connectivity index (χ2v) is 16.0. The highest BCUT2D eigenvalue weighted by molar-refractivity contribution is 5.88. The molecule has 0 radical (unpaired) electrons. The minimum absolute atomic E-state index is 0.117. The maximum atomic E-state index is 13.0. The van der Waals surface area contributed by atoms with Crippen LogP contribution in [0.15, 0.2) is 66.7 Å². The highest BCUT2D eigenvalue weighted by Crippen LogP contribution is 2.33. The standard InChI is InChI=1S/C45H54O23/c1-20-41(68-45-38(57)35(54)34(53)30(65-45)18-62-32(51)11-6-22-5-10-26(48)29(17-22)60-2)36(55)39(58)44(64-20)63-19-31-42(67-33(52)12-7-21-3-8-24(46)27(49)15-21)37(56)40(59)43(66-31)61-14-13-23-4-9-25(47)28(50)16-23/h3-12,15-17,20,30-31,34-50,53-59H,13-14,18-19H2,1-2H3/b11-6+,12-7+/t20-,30+,31+,34+,35-,36-,37+,38+,39+,40+,41-,42+,43+,44+,45-/m0/s1. The Labute approximate surface area is 387 Å². The average molecular weight is 963 g/mol. The summed E-state index contributed by atoms with van der Waals surface area (Å²) in [5.41, 5.74) is 1.29. The number of rotatable bonds is 17. The van der Waals surface area contributed by atoms with E-state index in [0.717, 1.165) is 18.2 Å². The molecule has 3 aliphatic heterocycles. The Kier molecular flexibility index (Phi) is 17.6. The molecule has 372 valence electrons. The minimum Gasteiger partial charge on any atom is -0.504 e. The number of phenolic OH excluding ortho intramolecular Hbond substituents is 5. The summed E-state index contributed by atoms with van der Waals surface area (Å²) in [6.45, 7) is -0.0376. The van der Waals surface area contributed by atoms with Gasteiger partial charge in [-0.05, 0) is 78.6 Å². The number of phenols is 5. The molecule has 0 aliphatic carbocycles. The molecule has 15 atom stereocenters. The Balaban J connectivity index is 1.08. The Bertz CT molecular complexity index is 2240. The third-order valence-electron chi connectivity index (χ3n) is 11.2. The monoisotopic (exact) mass is 962 g/mol. The van der Waals surface area contributed by atoms with Crippen molar-refractivity contribution in [2.45, 2.75) is 105 Å². The van der Waals surface area contributed by atoms with Gasteiger partial charge < -0.3 is 104 Å². The highest BCUT2D eigenvalue weighted by Gasteiger charge is 2.52. The molecule has 3 heterocycles. The topological polar surface area (TPSA) is 360 Å². The number of hydrogen-bond acceptors (Lipinski definition) is 23. The zero-order chi connectivity index (χ0) is 49.4. The van der Waals surface area contributed by atoms with Crippen LogP contribution in [0.3, 0.4) is 0 Å². The number of methoxy groups -OCH3 is 1. The number of aromatic hydroxyl groups is 5. The number of ether oxygens (including phenoxy) is 9. The van der Waals surface area contributed by atoms with Crippen LogP contribution in [0.4, 0.5) is 0 Å². The van der Waals surface area contributed by atoms with Gasteiger partial charge >= 0.3 is 11.9 Å². The molecule has 6 rings (SSSR count). The molecule has 0 saturated carbocycles. The van der Waals surface area contributed by atoms with Gasteiger partial charge in [0.25, 0.3) is 0 Å². The fourth-order valence-electron chi connectivity index (χ4n) is 7.34. The van der Waals surface area contributed by atoms with Crippen molar-refractivity contribution in [2.24, 2.45) is 0 Å². The van der Waals surface area contributed by atoms with Crippen LogP contribution in [0.1, 0.15) is 23.6 Å². The van der Waals surface area contributed by atoms with Crippen LogP contribution >= 0.6 is 0 Å². The van der Waals surface area contributed by atoms with Crippen molar-refractivity contribution < 1.29 is 113 Å². The molecule has 68 heavy (non-hydrogen) atoms. The van der Waals surface area contributed by atoms with Crippen molar-refractivity contribution in [1.82, 2.24) is 0 Å². The van der Waals surface area contributed by atoms with Gasteiger partial charge in [-0.3, -0.25) is 0 Å². The van der Waals surface area contributed by atoms with E-state index in [2.05, 4.69) is 0 Å². The second-order valence-electron chi connectivity index (χ2n) is 16.0. The highest BCUT2D eigenvalue weighted by atomic mass is 16.8. The lowest BCUT2D eigenvalue weighted by Crippen LogP contribution is -2.64. The van der Waals surface area contributed by atoms with Gasteiger partial charge in [0.05, 0.1) is 26.4 Å². The third-order valence-corrected chi connectivity index (χ3v) is 11.2. The summed E-state index contributed by atoms with van der Waals surface area (Å²) in [5.74, 6) is -3.48. The first kappa shape index (κ1) is 51.7. The number of carbonyl (C=O) groups excluding carboxylic acids is 2. The number of esters is 2. The first-order valence-electron chi connectivity index (χ1n) is 21.1. The van der Waals surface area contributed by atoms with Crippen LogP contribution in [0.5, 0.6) is 34.5 Å². The van der Waals surface area contributed by atoms with Crippen LogP contribution in [-0.2, 0) is 53.9 Å². The molecule has 3 aliphatic rings. The van der Waals surface area contributed by atoms with E-state index in [1.165, 1.54) is 74.7 Å². The summed E-state index contributed by atoms with van der Waals surface area (Å²) >= 11 is 0. The summed E-state index contributed by atoms with van der Waals surface area (Å²) in [6.07, 6.45) is -20.6. The summed E-state index contributed by atoms with van der Waals surface area (Å²) in [7, 11) is 1.35. The second kappa shape index (κ2) is 23.1. The van der Waals surface area contributed by atoms with Crippen molar-refractivity contribution in [1.29, 1.82) is 0 Å². The Morgan fingerprint density at radius 2 is 1.15 bits per heavy atom.